The lowest BCUT2D eigenvalue weighted by Crippen LogP contribution is -2.03. The van der Waals surface area contributed by atoms with E-state index in [1.54, 1.807) is 4.68 Å². The number of rotatable bonds is 5. The molecule has 0 aliphatic heterocycles. The first kappa shape index (κ1) is 12.5. The van der Waals surface area contributed by atoms with Crippen LogP contribution in [0.1, 0.15) is 42.0 Å². The van der Waals surface area contributed by atoms with E-state index >= 15 is 0 Å². The van der Waals surface area contributed by atoms with Crippen molar-refractivity contribution in [3.05, 3.63) is 41.2 Å². The first-order chi connectivity index (χ1) is 8.80. The average Bonchev–Trinajstić information content (AvgIpc) is 2.82. The summed E-state index contributed by atoms with van der Waals surface area (Å²) in [6.45, 7) is 4.20. The number of aromatic nitrogens is 3. The molecule has 0 bridgehead atoms. The molecule has 94 valence electrons. The molecule has 0 saturated carbocycles. The van der Waals surface area contributed by atoms with Crippen molar-refractivity contribution in [2.75, 3.05) is 0 Å². The Morgan fingerprint density at radius 1 is 1.22 bits per heavy atom. The van der Waals surface area contributed by atoms with Gasteiger partial charge in [-0.3, -0.25) is 4.79 Å². The second-order valence-corrected chi connectivity index (χ2v) is 4.22. The number of benzene rings is 1. The van der Waals surface area contributed by atoms with Gasteiger partial charge in [-0.2, -0.15) is 0 Å². The van der Waals surface area contributed by atoms with Crippen LogP contribution in [0.4, 0.5) is 0 Å². The standard InChI is InChI=1S/C14H17N3O/c1-3-5-14-13(10-18)15-16-17(14)12-8-6-11(4-2)7-9-12/h6-10H,3-5H2,1-2H3. The molecule has 0 spiro atoms. The quantitative estimate of drug-likeness (QED) is 0.758. The molecule has 0 amide bonds. The summed E-state index contributed by atoms with van der Waals surface area (Å²) in [4.78, 5) is 10.9. The summed E-state index contributed by atoms with van der Waals surface area (Å²) in [5.74, 6) is 0. The van der Waals surface area contributed by atoms with Gasteiger partial charge < -0.3 is 0 Å². The molecular formula is C14H17N3O. The van der Waals surface area contributed by atoms with E-state index in [-0.39, 0.29) is 0 Å². The molecule has 0 unspecified atom stereocenters. The molecule has 0 N–H and O–H groups in total. The highest BCUT2D eigenvalue weighted by molar-refractivity contribution is 5.73. The highest BCUT2D eigenvalue weighted by Gasteiger charge is 2.12. The smallest absolute Gasteiger partial charge is 0.172 e. The van der Waals surface area contributed by atoms with Crippen molar-refractivity contribution in [2.45, 2.75) is 33.1 Å². The molecule has 1 aromatic heterocycles. The molecule has 2 aromatic rings. The van der Waals surface area contributed by atoms with Crippen molar-refractivity contribution in [2.24, 2.45) is 0 Å². The summed E-state index contributed by atoms with van der Waals surface area (Å²) >= 11 is 0. The number of hydrogen-bond donors (Lipinski definition) is 0. The zero-order chi connectivity index (χ0) is 13.0. The van der Waals surface area contributed by atoms with Gasteiger partial charge in [0.2, 0.25) is 0 Å². The molecule has 0 atom stereocenters. The summed E-state index contributed by atoms with van der Waals surface area (Å²) < 4.78 is 1.76. The van der Waals surface area contributed by atoms with E-state index in [1.807, 2.05) is 12.1 Å². The molecule has 4 nitrogen and oxygen atoms in total. The Morgan fingerprint density at radius 2 is 1.94 bits per heavy atom. The molecule has 0 fully saturated rings. The molecular weight excluding hydrogens is 226 g/mol. The number of carbonyl (C=O) groups excluding carboxylic acids is 1. The van der Waals surface area contributed by atoms with E-state index in [2.05, 4.69) is 36.3 Å². The van der Waals surface area contributed by atoms with Gasteiger partial charge in [-0.1, -0.05) is 37.6 Å². The van der Waals surface area contributed by atoms with Crippen LogP contribution in [0.5, 0.6) is 0 Å². The zero-order valence-electron chi connectivity index (χ0n) is 10.8. The van der Waals surface area contributed by atoms with Gasteiger partial charge in [0, 0.05) is 0 Å². The number of nitrogens with zero attached hydrogens (tertiary/aromatic N) is 3. The van der Waals surface area contributed by atoms with E-state index in [4.69, 9.17) is 0 Å². The Kier molecular flexibility index (Phi) is 3.87. The third kappa shape index (κ3) is 2.32. The predicted octanol–water partition coefficient (Wildman–Crippen LogP) is 2.59. The predicted molar refractivity (Wildman–Crippen MR) is 70.1 cm³/mol. The van der Waals surface area contributed by atoms with Crippen molar-refractivity contribution in [3.63, 3.8) is 0 Å². The molecule has 2 rings (SSSR count). The summed E-state index contributed by atoms with van der Waals surface area (Å²) in [5, 5.41) is 7.98. The molecule has 1 aromatic carbocycles. The van der Waals surface area contributed by atoms with E-state index < -0.39 is 0 Å². The lowest BCUT2D eigenvalue weighted by Gasteiger charge is -2.06. The third-order valence-electron chi connectivity index (χ3n) is 2.98. The first-order valence-corrected chi connectivity index (χ1v) is 6.29. The SMILES string of the molecule is CCCc1c(C=O)nnn1-c1ccc(CC)cc1. The van der Waals surface area contributed by atoms with E-state index in [0.29, 0.717) is 5.69 Å². The molecule has 0 radical (unpaired) electrons. The molecule has 0 saturated heterocycles. The van der Waals surface area contributed by atoms with Gasteiger partial charge in [-0.05, 0) is 30.5 Å². The maximum Gasteiger partial charge on any atom is 0.172 e. The van der Waals surface area contributed by atoms with Gasteiger partial charge in [0.15, 0.2) is 6.29 Å². The van der Waals surface area contributed by atoms with E-state index in [9.17, 15) is 4.79 Å². The van der Waals surface area contributed by atoms with E-state index in [1.165, 1.54) is 5.56 Å². The van der Waals surface area contributed by atoms with E-state index in [0.717, 1.165) is 36.9 Å². The van der Waals surface area contributed by atoms with Gasteiger partial charge in [0.1, 0.15) is 5.69 Å². The van der Waals surface area contributed by atoms with Crippen molar-refractivity contribution in [1.82, 2.24) is 15.0 Å². The van der Waals surface area contributed by atoms with Crippen LogP contribution in [0, 0.1) is 0 Å². The Morgan fingerprint density at radius 3 is 2.50 bits per heavy atom. The Hall–Kier alpha value is -1.97. The van der Waals surface area contributed by atoms with Crippen LogP contribution >= 0.6 is 0 Å². The zero-order valence-corrected chi connectivity index (χ0v) is 10.8. The largest absolute Gasteiger partial charge is 0.296 e. The lowest BCUT2D eigenvalue weighted by molar-refractivity contribution is 0.111. The van der Waals surface area contributed by atoms with Crippen molar-refractivity contribution in [3.8, 4) is 5.69 Å². The molecule has 0 aliphatic carbocycles. The van der Waals surface area contributed by atoms with Crippen molar-refractivity contribution >= 4 is 6.29 Å². The van der Waals surface area contributed by atoms with Crippen molar-refractivity contribution in [1.29, 1.82) is 0 Å². The maximum atomic E-state index is 10.9. The summed E-state index contributed by atoms with van der Waals surface area (Å²) in [7, 11) is 0. The number of aldehydes is 1. The number of aryl methyl sites for hydroxylation is 1. The van der Waals surface area contributed by atoms with Crippen LogP contribution in [-0.4, -0.2) is 21.3 Å². The second-order valence-electron chi connectivity index (χ2n) is 4.22. The van der Waals surface area contributed by atoms with Crippen LogP contribution < -0.4 is 0 Å². The fourth-order valence-electron chi connectivity index (χ4n) is 1.96. The Balaban J connectivity index is 2.42. The van der Waals surface area contributed by atoms with Gasteiger partial charge in [-0.15, -0.1) is 5.10 Å². The summed E-state index contributed by atoms with van der Waals surface area (Å²) in [6.07, 6.45) is 3.55. The van der Waals surface area contributed by atoms with Gasteiger partial charge in [0.05, 0.1) is 11.4 Å². The maximum absolute atomic E-state index is 10.9. The highest BCUT2D eigenvalue weighted by atomic mass is 16.1. The first-order valence-electron chi connectivity index (χ1n) is 6.29. The average molecular weight is 243 g/mol. The molecule has 1 heterocycles. The van der Waals surface area contributed by atoms with Crippen LogP contribution in [0.25, 0.3) is 5.69 Å². The highest BCUT2D eigenvalue weighted by Crippen LogP contribution is 2.15. The minimum absolute atomic E-state index is 0.441. The second kappa shape index (κ2) is 5.58. The van der Waals surface area contributed by atoms with Crippen LogP contribution in [0.15, 0.2) is 24.3 Å². The van der Waals surface area contributed by atoms with Crippen LogP contribution in [0.3, 0.4) is 0 Å². The van der Waals surface area contributed by atoms with Crippen molar-refractivity contribution < 1.29 is 4.79 Å². The monoisotopic (exact) mass is 243 g/mol. The minimum atomic E-state index is 0.441. The van der Waals surface area contributed by atoms with Gasteiger partial charge in [0.25, 0.3) is 0 Å². The molecule has 18 heavy (non-hydrogen) atoms. The van der Waals surface area contributed by atoms with Gasteiger partial charge in [-0.25, -0.2) is 4.68 Å². The molecule has 0 aliphatic rings. The fraction of sp³-hybridized carbons (Fsp3) is 0.357. The summed E-state index contributed by atoms with van der Waals surface area (Å²) in [6, 6.07) is 8.18. The summed E-state index contributed by atoms with van der Waals surface area (Å²) in [5.41, 5.74) is 3.57. The van der Waals surface area contributed by atoms with Gasteiger partial charge >= 0.3 is 0 Å². The fourth-order valence-corrected chi connectivity index (χ4v) is 1.96. The normalized spacial score (nSPS) is 10.6. The number of hydrogen-bond acceptors (Lipinski definition) is 3. The van der Waals surface area contributed by atoms with Crippen LogP contribution in [-0.2, 0) is 12.8 Å². The Bertz CT molecular complexity index is 528. The minimum Gasteiger partial charge on any atom is -0.296 e. The van der Waals surface area contributed by atoms with Crippen LogP contribution in [0.2, 0.25) is 0 Å². The topological polar surface area (TPSA) is 47.8 Å². The third-order valence-corrected chi connectivity index (χ3v) is 2.98. The molecule has 4 heteroatoms. The lowest BCUT2D eigenvalue weighted by atomic mass is 10.1. The number of carbonyl (C=O) groups is 1. The Labute approximate surface area is 107 Å².